The monoisotopic (exact) mass is 448 g/mol. The first-order valence-electron chi connectivity index (χ1n) is 7.15. The highest BCUT2D eigenvalue weighted by Gasteiger charge is 2.26. The lowest BCUT2D eigenvalue weighted by Gasteiger charge is -2.12. The van der Waals surface area contributed by atoms with Crippen LogP contribution in [-0.4, -0.2) is 4.92 Å². The lowest BCUT2D eigenvalue weighted by atomic mass is 10.2. The fourth-order valence-corrected chi connectivity index (χ4v) is 3.35. The Hall–Kier alpha value is -1.37. The third-order valence-electron chi connectivity index (χ3n) is 3.11. The smallest absolute Gasteiger partial charge is 0.320 e. The number of hydrogen-bond donors (Lipinski definition) is 1. The molecule has 0 aromatic heterocycles. The van der Waals surface area contributed by atoms with Crippen LogP contribution in [0.2, 0.25) is 5.02 Å². The van der Waals surface area contributed by atoms with Crippen LogP contribution in [0.4, 0.5) is 5.69 Å². The minimum Gasteiger partial charge on any atom is -0.344 e. The average molecular weight is 450 g/mol. The number of benzene rings is 2. The van der Waals surface area contributed by atoms with E-state index >= 15 is 0 Å². The number of thioether (sulfide) groups is 1. The van der Waals surface area contributed by atoms with Gasteiger partial charge in [-0.05, 0) is 43.3 Å². The molecule has 136 valence electrons. The molecule has 2 aromatic rings. The number of nitrogens with zero attached hydrogens (tertiary/aromatic N) is 1. The fraction of sp³-hybridized carbons (Fsp3) is 0.0588. The van der Waals surface area contributed by atoms with E-state index in [1.54, 1.807) is 24.3 Å². The zero-order valence-corrected chi connectivity index (χ0v) is 17.1. The number of nitrogens with one attached hydrogen (secondary N) is 1. The van der Waals surface area contributed by atoms with Gasteiger partial charge in [-0.15, -0.1) is 0 Å². The van der Waals surface area contributed by atoms with Gasteiger partial charge in [0.2, 0.25) is 0 Å². The Morgan fingerprint density at radius 1 is 1.04 bits per heavy atom. The molecule has 4 nitrogen and oxygen atoms in total. The molecule has 0 aliphatic heterocycles. The highest BCUT2D eigenvalue weighted by atomic mass is 35.5. The summed E-state index contributed by atoms with van der Waals surface area (Å²) in [5, 5.41) is 15.0. The third-order valence-corrected chi connectivity index (χ3v) is 5.31. The van der Waals surface area contributed by atoms with Gasteiger partial charge in [0.1, 0.15) is 4.49 Å². The molecule has 0 spiro atoms. The van der Waals surface area contributed by atoms with Gasteiger partial charge in [0.25, 0.3) is 0 Å². The van der Waals surface area contributed by atoms with Crippen molar-refractivity contribution in [2.45, 2.75) is 11.8 Å². The van der Waals surface area contributed by atoms with Crippen molar-refractivity contribution in [1.82, 2.24) is 0 Å². The second-order valence-corrected chi connectivity index (χ2v) is 7.90. The Kier molecular flexibility index (Phi) is 7.68. The van der Waals surface area contributed by atoms with Crippen LogP contribution >= 0.6 is 58.2 Å². The van der Waals surface area contributed by atoms with Crippen LogP contribution in [0.3, 0.4) is 0 Å². The first-order chi connectivity index (χ1) is 12.3. The number of hydrogen-bond acceptors (Lipinski definition) is 4. The van der Waals surface area contributed by atoms with Crippen LogP contribution in [0, 0.1) is 17.0 Å². The van der Waals surface area contributed by atoms with Crippen molar-refractivity contribution in [3.63, 3.8) is 0 Å². The summed E-state index contributed by atoms with van der Waals surface area (Å²) < 4.78 is -0.390. The SMILES string of the molecule is Cc1ccc(S/C(Nc2ccc(Cl)cc2)=C(\C(Cl)=C(Cl)Cl)[N+](=O)[O-])cc1. The van der Waals surface area contributed by atoms with E-state index in [0.29, 0.717) is 10.7 Å². The minimum atomic E-state index is -0.632. The van der Waals surface area contributed by atoms with Crippen molar-refractivity contribution in [2.24, 2.45) is 0 Å². The van der Waals surface area contributed by atoms with E-state index in [1.165, 1.54) is 0 Å². The lowest BCUT2D eigenvalue weighted by Crippen LogP contribution is -2.09. The van der Waals surface area contributed by atoms with E-state index < -0.39 is 15.1 Å². The van der Waals surface area contributed by atoms with Crippen molar-refractivity contribution < 1.29 is 4.92 Å². The van der Waals surface area contributed by atoms with E-state index in [9.17, 15) is 10.1 Å². The molecular weight excluding hydrogens is 438 g/mol. The minimum absolute atomic E-state index is 0.171. The molecule has 0 aliphatic rings. The summed E-state index contributed by atoms with van der Waals surface area (Å²) in [6.45, 7) is 1.95. The van der Waals surface area contributed by atoms with Gasteiger partial charge in [-0.25, -0.2) is 0 Å². The summed E-state index contributed by atoms with van der Waals surface area (Å²) >= 11 is 24.4. The summed E-state index contributed by atoms with van der Waals surface area (Å²) in [5.41, 5.74) is 1.24. The van der Waals surface area contributed by atoms with Crippen molar-refractivity contribution >= 4 is 63.9 Å². The summed E-state index contributed by atoms with van der Waals surface area (Å²) in [5.74, 6) is 0. The van der Waals surface area contributed by atoms with Gasteiger partial charge in [0.05, 0.1) is 4.92 Å². The highest BCUT2D eigenvalue weighted by molar-refractivity contribution is 8.03. The molecule has 0 bridgehead atoms. The number of rotatable bonds is 6. The highest BCUT2D eigenvalue weighted by Crippen LogP contribution is 2.36. The predicted molar refractivity (Wildman–Crippen MR) is 111 cm³/mol. The molecule has 0 fully saturated rings. The Morgan fingerprint density at radius 2 is 1.62 bits per heavy atom. The van der Waals surface area contributed by atoms with Gasteiger partial charge < -0.3 is 5.32 Å². The average Bonchev–Trinajstić information content (AvgIpc) is 2.58. The van der Waals surface area contributed by atoms with Crippen LogP contribution < -0.4 is 5.32 Å². The second-order valence-electron chi connectivity index (χ2n) is 5.06. The molecular formula is C17H12Cl4N2O2S. The number of nitro groups is 1. The van der Waals surface area contributed by atoms with Crippen LogP contribution in [0.5, 0.6) is 0 Å². The van der Waals surface area contributed by atoms with Gasteiger partial charge in [0.15, 0.2) is 10.1 Å². The van der Waals surface area contributed by atoms with Crippen molar-refractivity contribution in [3.8, 4) is 0 Å². The summed E-state index contributed by atoms with van der Waals surface area (Å²) in [4.78, 5) is 11.8. The standard InChI is InChI=1S/C17H12Cl4N2O2S/c1-10-2-8-13(9-3-10)26-17(15(23(24)25)14(19)16(20)21)22-12-6-4-11(18)5-7-12/h2-9,22H,1H3/b17-15+. The molecule has 0 saturated heterocycles. The summed E-state index contributed by atoms with van der Waals surface area (Å²) in [6.07, 6.45) is 0. The molecule has 0 heterocycles. The molecule has 0 atom stereocenters. The van der Waals surface area contributed by atoms with E-state index in [4.69, 9.17) is 46.4 Å². The van der Waals surface area contributed by atoms with E-state index in [0.717, 1.165) is 22.2 Å². The number of aryl methyl sites for hydroxylation is 1. The third kappa shape index (κ3) is 5.83. The maximum atomic E-state index is 11.6. The van der Waals surface area contributed by atoms with Crippen molar-refractivity contribution in [3.05, 3.63) is 89.5 Å². The molecule has 2 rings (SSSR count). The molecule has 0 aliphatic carbocycles. The molecule has 0 saturated carbocycles. The molecule has 0 unspecified atom stereocenters. The van der Waals surface area contributed by atoms with Gasteiger partial charge in [0, 0.05) is 15.6 Å². The molecule has 0 radical (unpaired) electrons. The van der Waals surface area contributed by atoms with Crippen LogP contribution in [0.1, 0.15) is 5.56 Å². The zero-order chi connectivity index (χ0) is 19.3. The molecule has 0 amide bonds. The summed E-state index contributed by atoms with van der Waals surface area (Å²) in [7, 11) is 0. The second kappa shape index (κ2) is 9.53. The normalized spacial score (nSPS) is 11.6. The Balaban J connectivity index is 2.53. The molecule has 1 N–H and O–H groups in total. The number of halogens is 4. The Morgan fingerprint density at radius 3 is 2.12 bits per heavy atom. The van der Waals surface area contributed by atoms with Crippen molar-refractivity contribution in [1.29, 1.82) is 0 Å². The molecule has 26 heavy (non-hydrogen) atoms. The summed E-state index contributed by atoms with van der Waals surface area (Å²) in [6, 6.07) is 14.2. The maximum absolute atomic E-state index is 11.6. The van der Waals surface area contributed by atoms with E-state index in [1.807, 2.05) is 31.2 Å². The zero-order valence-electron chi connectivity index (χ0n) is 13.3. The largest absolute Gasteiger partial charge is 0.344 e. The quantitative estimate of drug-likeness (QED) is 0.219. The number of allylic oxidation sites excluding steroid dienone is 1. The van der Waals surface area contributed by atoms with Crippen LogP contribution in [-0.2, 0) is 0 Å². The van der Waals surface area contributed by atoms with Gasteiger partial charge in [-0.3, -0.25) is 10.1 Å². The first kappa shape index (κ1) is 20.9. The predicted octanol–water partition coefficient (Wildman–Crippen LogP) is 7.18. The molecule has 2 aromatic carbocycles. The number of anilines is 1. The molecule has 9 heteroatoms. The van der Waals surface area contributed by atoms with Crippen LogP contribution in [0.15, 0.2) is 73.7 Å². The van der Waals surface area contributed by atoms with Gasteiger partial charge >= 0.3 is 5.70 Å². The van der Waals surface area contributed by atoms with Crippen molar-refractivity contribution in [2.75, 3.05) is 5.32 Å². The Bertz CT molecular complexity index is 812. The first-order valence-corrected chi connectivity index (χ1v) is 9.47. The van der Waals surface area contributed by atoms with Gasteiger partial charge in [-0.2, -0.15) is 0 Å². The van der Waals surface area contributed by atoms with E-state index in [-0.39, 0.29) is 10.1 Å². The Labute approximate surface area is 174 Å². The maximum Gasteiger partial charge on any atom is 0.320 e. The topological polar surface area (TPSA) is 55.2 Å². The van der Waals surface area contributed by atoms with Crippen LogP contribution in [0.25, 0.3) is 0 Å². The lowest BCUT2D eigenvalue weighted by molar-refractivity contribution is -0.420. The van der Waals surface area contributed by atoms with Gasteiger partial charge in [-0.1, -0.05) is 75.9 Å². The fourth-order valence-electron chi connectivity index (χ4n) is 1.87. The van der Waals surface area contributed by atoms with E-state index in [2.05, 4.69) is 5.32 Å².